The topological polar surface area (TPSA) is 89.8 Å². The predicted molar refractivity (Wildman–Crippen MR) is 204 cm³/mol. The number of aliphatic hydroxyl groups excluding tert-OH is 3. The minimum Gasteiger partial charge on any atom is -0.394 e. The number of nitrogens with one attached hydrogen (secondary N) is 1. The van der Waals surface area contributed by atoms with Gasteiger partial charge in [0, 0.05) is 6.42 Å². The van der Waals surface area contributed by atoms with Gasteiger partial charge < -0.3 is 20.6 Å². The maximum atomic E-state index is 12.4. The maximum absolute atomic E-state index is 12.4. The number of carbonyl (C=O) groups is 1. The Morgan fingerprint density at radius 2 is 0.872 bits per heavy atom. The predicted octanol–water partition coefficient (Wildman–Crippen LogP) is 11.2. The Morgan fingerprint density at radius 1 is 0.511 bits per heavy atom. The summed E-state index contributed by atoms with van der Waals surface area (Å²) in [5, 5.41) is 33.4. The van der Waals surface area contributed by atoms with Gasteiger partial charge in [-0.25, -0.2) is 0 Å². The number of amides is 1. The third-order valence-corrected chi connectivity index (χ3v) is 9.19. The van der Waals surface area contributed by atoms with Gasteiger partial charge in [-0.05, 0) is 77.0 Å². The van der Waals surface area contributed by atoms with Crippen LogP contribution < -0.4 is 5.32 Å². The molecule has 0 bridgehead atoms. The van der Waals surface area contributed by atoms with E-state index in [0.717, 1.165) is 51.4 Å². The molecule has 0 aromatic heterocycles. The number of carbonyl (C=O) groups excluding carboxylic acids is 1. The molecule has 3 unspecified atom stereocenters. The van der Waals surface area contributed by atoms with Gasteiger partial charge in [-0.2, -0.15) is 0 Å². The monoisotopic (exact) mass is 662 g/mol. The van der Waals surface area contributed by atoms with Gasteiger partial charge in [0.2, 0.25) is 5.91 Å². The van der Waals surface area contributed by atoms with Crippen molar-refractivity contribution < 1.29 is 20.1 Å². The van der Waals surface area contributed by atoms with Gasteiger partial charge >= 0.3 is 0 Å². The van der Waals surface area contributed by atoms with E-state index in [9.17, 15) is 20.1 Å². The molecule has 47 heavy (non-hydrogen) atoms. The van der Waals surface area contributed by atoms with Crippen LogP contribution in [-0.4, -0.2) is 46.1 Å². The first-order valence-corrected chi connectivity index (χ1v) is 20.3. The molecule has 5 heteroatoms. The van der Waals surface area contributed by atoms with Gasteiger partial charge in [0.25, 0.3) is 0 Å². The standard InChI is InChI=1S/C42H79NO4/c1-3-5-7-9-11-13-15-17-19-20-21-23-25-27-29-31-33-35-37-41(46)43-39(38-44)42(47)40(45)36-34-32-30-28-26-24-22-18-16-14-12-10-8-6-4-2/h18,21-23,28,30,39-40,42,44-45,47H,3-17,19-20,24-27,29,31-38H2,1-2H3,(H,43,46)/b22-18+,23-21-,30-28+. The maximum Gasteiger partial charge on any atom is 0.220 e. The molecule has 0 aliphatic rings. The number of hydrogen-bond acceptors (Lipinski definition) is 4. The van der Waals surface area contributed by atoms with Crippen molar-refractivity contribution in [3.05, 3.63) is 36.5 Å². The zero-order valence-corrected chi connectivity index (χ0v) is 31.2. The van der Waals surface area contributed by atoms with Crippen LogP contribution in [0.2, 0.25) is 0 Å². The third-order valence-electron chi connectivity index (χ3n) is 9.19. The highest BCUT2D eigenvalue weighted by atomic mass is 16.3. The molecule has 3 atom stereocenters. The Labute approximate surface area is 292 Å². The fraction of sp³-hybridized carbons (Fsp3) is 0.833. The van der Waals surface area contributed by atoms with E-state index in [0.29, 0.717) is 12.8 Å². The van der Waals surface area contributed by atoms with Crippen LogP contribution in [0.15, 0.2) is 36.5 Å². The van der Waals surface area contributed by atoms with Gasteiger partial charge in [0.05, 0.1) is 18.8 Å². The Morgan fingerprint density at radius 3 is 1.30 bits per heavy atom. The largest absolute Gasteiger partial charge is 0.394 e. The van der Waals surface area contributed by atoms with E-state index in [1.165, 1.54) is 122 Å². The molecule has 0 aliphatic heterocycles. The van der Waals surface area contributed by atoms with E-state index >= 15 is 0 Å². The highest BCUT2D eigenvalue weighted by Crippen LogP contribution is 2.13. The highest BCUT2D eigenvalue weighted by Gasteiger charge is 2.26. The molecule has 0 radical (unpaired) electrons. The van der Waals surface area contributed by atoms with Crippen molar-refractivity contribution in [2.75, 3.05) is 6.61 Å². The Hall–Kier alpha value is -1.43. The molecule has 0 saturated carbocycles. The summed E-state index contributed by atoms with van der Waals surface area (Å²) in [6.07, 6.45) is 45.3. The minimum absolute atomic E-state index is 0.168. The second-order valence-corrected chi connectivity index (χ2v) is 13.8. The Kier molecular flexibility index (Phi) is 36.3. The normalized spacial score (nSPS) is 14.1. The lowest BCUT2D eigenvalue weighted by atomic mass is 10.0. The fourth-order valence-corrected chi connectivity index (χ4v) is 5.99. The lowest BCUT2D eigenvalue weighted by Gasteiger charge is -2.26. The van der Waals surface area contributed by atoms with Crippen LogP contribution in [0, 0.1) is 0 Å². The summed E-state index contributed by atoms with van der Waals surface area (Å²) in [6.45, 7) is 4.14. The molecule has 0 heterocycles. The molecule has 1 amide bonds. The van der Waals surface area contributed by atoms with Crippen molar-refractivity contribution in [2.24, 2.45) is 0 Å². The summed E-state index contributed by atoms with van der Waals surface area (Å²) in [6, 6.07) is -0.835. The van der Waals surface area contributed by atoms with E-state index in [-0.39, 0.29) is 12.5 Å². The van der Waals surface area contributed by atoms with Gasteiger partial charge in [-0.3, -0.25) is 4.79 Å². The van der Waals surface area contributed by atoms with Crippen molar-refractivity contribution in [3.8, 4) is 0 Å². The zero-order chi connectivity index (χ0) is 34.5. The van der Waals surface area contributed by atoms with Crippen molar-refractivity contribution in [2.45, 2.75) is 218 Å². The first-order valence-electron chi connectivity index (χ1n) is 20.3. The molecule has 276 valence electrons. The fourth-order valence-electron chi connectivity index (χ4n) is 5.99. The number of rotatable bonds is 36. The summed E-state index contributed by atoms with van der Waals surface area (Å²) in [5.74, 6) is -0.168. The lowest BCUT2D eigenvalue weighted by Crippen LogP contribution is -2.50. The van der Waals surface area contributed by atoms with Crippen molar-refractivity contribution in [1.82, 2.24) is 5.32 Å². The van der Waals surface area contributed by atoms with E-state index < -0.39 is 18.2 Å². The minimum atomic E-state index is -1.17. The quantitative estimate of drug-likeness (QED) is 0.0397. The van der Waals surface area contributed by atoms with Crippen molar-refractivity contribution >= 4 is 5.91 Å². The van der Waals surface area contributed by atoms with E-state index in [1.54, 1.807) is 0 Å². The smallest absolute Gasteiger partial charge is 0.220 e. The Balaban J connectivity index is 3.74. The first-order chi connectivity index (χ1) is 23.1. The van der Waals surface area contributed by atoms with Crippen LogP contribution in [0.4, 0.5) is 0 Å². The summed E-state index contributed by atoms with van der Waals surface area (Å²) in [7, 11) is 0. The second-order valence-electron chi connectivity index (χ2n) is 13.8. The molecule has 0 aromatic carbocycles. The molecule has 0 rings (SSSR count). The van der Waals surface area contributed by atoms with Gasteiger partial charge in [0.1, 0.15) is 6.10 Å². The van der Waals surface area contributed by atoms with Gasteiger partial charge in [-0.15, -0.1) is 0 Å². The number of allylic oxidation sites excluding steroid dienone is 6. The summed E-state index contributed by atoms with van der Waals surface area (Å²) >= 11 is 0. The summed E-state index contributed by atoms with van der Waals surface area (Å²) < 4.78 is 0. The van der Waals surface area contributed by atoms with Crippen molar-refractivity contribution in [3.63, 3.8) is 0 Å². The van der Waals surface area contributed by atoms with E-state index in [2.05, 4.69) is 55.6 Å². The second kappa shape index (κ2) is 37.4. The SMILES string of the molecule is CCCCCCCC/C=C/CC/C=C/CCCC(O)C(O)C(CO)NC(=O)CCCCCCC/C=C\CCCCCCCCCCC. The molecule has 0 aliphatic carbocycles. The van der Waals surface area contributed by atoms with Gasteiger partial charge in [0.15, 0.2) is 0 Å². The first kappa shape index (κ1) is 45.6. The lowest BCUT2D eigenvalue weighted by molar-refractivity contribution is -0.124. The van der Waals surface area contributed by atoms with E-state index in [1.807, 2.05) is 0 Å². The molecule has 0 spiro atoms. The average Bonchev–Trinajstić information content (AvgIpc) is 3.07. The number of aliphatic hydroxyl groups is 3. The summed E-state index contributed by atoms with van der Waals surface area (Å²) in [4.78, 5) is 12.4. The molecular formula is C42H79NO4. The molecule has 0 saturated heterocycles. The third kappa shape index (κ3) is 32.9. The molecule has 4 N–H and O–H groups in total. The van der Waals surface area contributed by atoms with Crippen LogP contribution in [0.3, 0.4) is 0 Å². The Bertz CT molecular complexity index is 734. The zero-order valence-electron chi connectivity index (χ0n) is 31.2. The average molecular weight is 662 g/mol. The molecule has 5 nitrogen and oxygen atoms in total. The number of hydrogen-bond donors (Lipinski definition) is 4. The highest BCUT2D eigenvalue weighted by molar-refractivity contribution is 5.76. The van der Waals surface area contributed by atoms with E-state index in [4.69, 9.17) is 0 Å². The molecule has 0 aromatic rings. The summed E-state index contributed by atoms with van der Waals surface area (Å²) in [5.41, 5.74) is 0. The van der Waals surface area contributed by atoms with Gasteiger partial charge in [-0.1, -0.05) is 153 Å². The van der Waals surface area contributed by atoms with Crippen LogP contribution in [0.25, 0.3) is 0 Å². The van der Waals surface area contributed by atoms with Crippen LogP contribution in [0.1, 0.15) is 200 Å². The molecular weight excluding hydrogens is 582 g/mol. The van der Waals surface area contributed by atoms with Crippen LogP contribution in [-0.2, 0) is 4.79 Å². The molecule has 0 fully saturated rings. The number of unbranched alkanes of at least 4 members (excludes halogenated alkanes) is 22. The van der Waals surface area contributed by atoms with Crippen molar-refractivity contribution in [1.29, 1.82) is 0 Å². The van der Waals surface area contributed by atoms with Crippen LogP contribution >= 0.6 is 0 Å². The van der Waals surface area contributed by atoms with Crippen LogP contribution in [0.5, 0.6) is 0 Å².